The SMILES string of the molecule is COCc1cccc(C2=CC(=O)CC(c3ccc(F)cc3)C2)c1. The topological polar surface area (TPSA) is 26.3 Å². The van der Waals surface area contributed by atoms with Gasteiger partial charge in [0.1, 0.15) is 5.82 Å². The minimum atomic E-state index is -0.251. The second kappa shape index (κ2) is 6.88. The van der Waals surface area contributed by atoms with Gasteiger partial charge in [-0.3, -0.25) is 4.79 Å². The molecule has 0 heterocycles. The van der Waals surface area contributed by atoms with Gasteiger partial charge in [-0.1, -0.05) is 30.3 Å². The van der Waals surface area contributed by atoms with E-state index in [9.17, 15) is 9.18 Å². The number of ether oxygens (including phenoxy) is 1. The van der Waals surface area contributed by atoms with Gasteiger partial charge in [-0.2, -0.15) is 0 Å². The normalized spacial score (nSPS) is 17.9. The van der Waals surface area contributed by atoms with Gasteiger partial charge in [0, 0.05) is 13.5 Å². The summed E-state index contributed by atoms with van der Waals surface area (Å²) in [6.07, 6.45) is 3.01. The van der Waals surface area contributed by atoms with Gasteiger partial charge in [0.2, 0.25) is 0 Å². The van der Waals surface area contributed by atoms with Crippen LogP contribution in [-0.2, 0) is 16.1 Å². The van der Waals surface area contributed by atoms with Crippen LogP contribution in [-0.4, -0.2) is 12.9 Å². The maximum atomic E-state index is 13.1. The summed E-state index contributed by atoms with van der Waals surface area (Å²) in [7, 11) is 1.67. The predicted octanol–water partition coefficient (Wildman–Crippen LogP) is 4.50. The average molecular weight is 310 g/mol. The summed E-state index contributed by atoms with van der Waals surface area (Å²) in [5.41, 5.74) is 4.19. The number of hydrogen-bond acceptors (Lipinski definition) is 2. The molecule has 0 saturated carbocycles. The van der Waals surface area contributed by atoms with Gasteiger partial charge < -0.3 is 4.74 Å². The van der Waals surface area contributed by atoms with Gasteiger partial charge in [-0.25, -0.2) is 4.39 Å². The lowest BCUT2D eigenvalue weighted by atomic mass is 9.81. The first-order chi connectivity index (χ1) is 11.2. The molecule has 1 aliphatic rings. The third kappa shape index (κ3) is 3.74. The number of allylic oxidation sites excluding steroid dienone is 2. The smallest absolute Gasteiger partial charge is 0.156 e. The molecule has 118 valence electrons. The minimum absolute atomic E-state index is 0.106. The van der Waals surface area contributed by atoms with Gasteiger partial charge in [0.15, 0.2) is 5.78 Å². The summed E-state index contributed by atoms with van der Waals surface area (Å²) in [4.78, 5) is 12.1. The molecule has 2 nitrogen and oxygen atoms in total. The van der Waals surface area contributed by atoms with Crippen LogP contribution in [0.15, 0.2) is 54.6 Å². The number of carbonyl (C=O) groups excluding carboxylic acids is 1. The molecular weight excluding hydrogens is 291 g/mol. The van der Waals surface area contributed by atoms with E-state index in [1.807, 2.05) is 18.2 Å². The van der Waals surface area contributed by atoms with Crippen LogP contribution in [0.1, 0.15) is 35.4 Å². The zero-order chi connectivity index (χ0) is 16.2. The number of halogens is 1. The number of hydrogen-bond donors (Lipinski definition) is 0. The van der Waals surface area contributed by atoms with Crippen molar-refractivity contribution in [2.24, 2.45) is 0 Å². The Morgan fingerprint density at radius 2 is 1.91 bits per heavy atom. The van der Waals surface area contributed by atoms with Crippen molar-refractivity contribution in [2.75, 3.05) is 7.11 Å². The summed E-state index contributed by atoms with van der Waals surface area (Å²) >= 11 is 0. The van der Waals surface area contributed by atoms with Crippen molar-refractivity contribution < 1.29 is 13.9 Å². The number of carbonyl (C=O) groups is 1. The highest BCUT2D eigenvalue weighted by molar-refractivity contribution is 5.99. The van der Waals surface area contributed by atoms with Crippen molar-refractivity contribution in [3.63, 3.8) is 0 Å². The summed E-state index contributed by atoms with van der Waals surface area (Å²) in [6, 6.07) is 14.5. The van der Waals surface area contributed by atoms with E-state index in [4.69, 9.17) is 4.74 Å². The minimum Gasteiger partial charge on any atom is -0.380 e. The third-order valence-electron chi connectivity index (χ3n) is 4.20. The molecular formula is C20H19FO2. The molecule has 2 aromatic carbocycles. The Labute approximate surface area is 135 Å². The van der Waals surface area contributed by atoms with Crippen molar-refractivity contribution in [3.8, 4) is 0 Å². The molecule has 0 aliphatic heterocycles. The second-order valence-electron chi connectivity index (χ2n) is 5.93. The number of rotatable bonds is 4. The van der Waals surface area contributed by atoms with Gasteiger partial charge >= 0.3 is 0 Å². The Bertz CT molecular complexity index is 732. The molecule has 3 rings (SSSR count). The van der Waals surface area contributed by atoms with Crippen LogP contribution in [0, 0.1) is 5.82 Å². The molecule has 0 amide bonds. The number of methoxy groups -OCH3 is 1. The summed E-state index contributed by atoms with van der Waals surface area (Å²) in [6.45, 7) is 0.552. The van der Waals surface area contributed by atoms with Crippen LogP contribution in [0.5, 0.6) is 0 Å². The lowest BCUT2D eigenvalue weighted by Crippen LogP contribution is -2.12. The molecule has 1 aliphatic carbocycles. The Hall–Kier alpha value is -2.26. The Balaban J connectivity index is 1.86. The lowest BCUT2D eigenvalue weighted by molar-refractivity contribution is -0.115. The first-order valence-corrected chi connectivity index (χ1v) is 7.73. The summed E-state index contributed by atoms with van der Waals surface area (Å²) < 4.78 is 18.3. The highest BCUT2D eigenvalue weighted by Crippen LogP contribution is 2.36. The van der Waals surface area contributed by atoms with Crippen LogP contribution in [0.25, 0.3) is 5.57 Å². The fourth-order valence-electron chi connectivity index (χ4n) is 3.09. The molecule has 0 N–H and O–H groups in total. The highest BCUT2D eigenvalue weighted by Gasteiger charge is 2.23. The summed E-state index contributed by atoms with van der Waals surface area (Å²) in [5.74, 6) is -0.0224. The van der Waals surface area contributed by atoms with Gasteiger partial charge in [-0.05, 0) is 58.9 Å². The Morgan fingerprint density at radius 3 is 2.65 bits per heavy atom. The maximum Gasteiger partial charge on any atom is 0.156 e. The molecule has 0 aromatic heterocycles. The lowest BCUT2D eigenvalue weighted by Gasteiger charge is -2.23. The van der Waals surface area contributed by atoms with E-state index < -0.39 is 0 Å². The number of benzene rings is 2. The summed E-state index contributed by atoms with van der Waals surface area (Å²) in [5, 5.41) is 0. The highest BCUT2D eigenvalue weighted by atomic mass is 19.1. The van der Waals surface area contributed by atoms with Crippen molar-refractivity contribution >= 4 is 11.4 Å². The van der Waals surface area contributed by atoms with Crippen LogP contribution < -0.4 is 0 Å². The first kappa shape index (κ1) is 15.6. The number of ketones is 1. The van der Waals surface area contributed by atoms with Gasteiger partial charge in [0.25, 0.3) is 0 Å². The molecule has 2 aromatic rings. The fourth-order valence-corrected chi connectivity index (χ4v) is 3.09. The van der Waals surface area contributed by atoms with Crippen molar-refractivity contribution in [3.05, 3.63) is 77.1 Å². The van der Waals surface area contributed by atoms with E-state index in [2.05, 4.69) is 6.07 Å². The average Bonchev–Trinajstić information content (AvgIpc) is 2.55. The van der Waals surface area contributed by atoms with Crippen LogP contribution in [0.4, 0.5) is 4.39 Å². The molecule has 0 saturated heterocycles. The fraction of sp³-hybridized carbons (Fsp3) is 0.250. The maximum absolute atomic E-state index is 13.1. The molecule has 0 spiro atoms. The molecule has 23 heavy (non-hydrogen) atoms. The van der Waals surface area contributed by atoms with Crippen molar-refractivity contribution in [1.29, 1.82) is 0 Å². The van der Waals surface area contributed by atoms with E-state index in [1.165, 1.54) is 12.1 Å². The Morgan fingerprint density at radius 1 is 1.13 bits per heavy atom. The molecule has 3 heteroatoms. The quantitative estimate of drug-likeness (QED) is 0.831. The van der Waals surface area contributed by atoms with E-state index in [1.54, 1.807) is 25.3 Å². The zero-order valence-electron chi connectivity index (χ0n) is 13.1. The molecule has 0 bridgehead atoms. The molecule has 1 atom stereocenters. The van der Waals surface area contributed by atoms with E-state index >= 15 is 0 Å². The predicted molar refractivity (Wildman–Crippen MR) is 88.5 cm³/mol. The largest absolute Gasteiger partial charge is 0.380 e. The van der Waals surface area contributed by atoms with Crippen molar-refractivity contribution in [2.45, 2.75) is 25.4 Å². The first-order valence-electron chi connectivity index (χ1n) is 7.73. The van der Waals surface area contributed by atoms with Crippen molar-refractivity contribution in [1.82, 2.24) is 0 Å². The van der Waals surface area contributed by atoms with E-state index in [-0.39, 0.29) is 17.5 Å². The molecule has 1 unspecified atom stereocenters. The third-order valence-corrected chi connectivity index (χ3v) is 4.20. The van der Waals surface area contributed by atoms with Crippen LogP contribution in [0.2, 0.25) is 0 Å². The Kier molecular flexibility index (Phi) is 4.68. The standard InChI is InChI=1S/C20H19FO2/c1-23-13-14-3-2-4-16(9-14)18-10-17(11-20(22)12-18)15-5-7-19(21)8-6-15/h2-9,12,17H,10-11,13H2,1H3. The second-order valence-corrected chi connectivity index (χ2v) is 5.93. The monoisotopic (exact) mass is 310 g/mol. The van der Waals surface area contributed by atoms with E-state index in [0.29, 0.717) is 13.0 Å². The van der Waals surface area contributed by atoms with Gasteiger partial charge in [0.05, 0.1) is 6.61 Å². The van der Waals surface area contributed by atoms with Crippen LogP contribution >= 0.6 is 0 Å². The van der Waals surface area contributed by atoms with Crippen LogP contribution in [0.3, 0.4) is 0 Å². The van der Waals surface area contributed by atoms with E-state index in [0.717, 1.165) is 28.7 Å². The molecule has 0 fully saturated rings. The zero-order valence-corrected chi connectivity index (χ0v) is 13.1. The molecule has 0 radical (unpaired) electrons. The van der Waals surface area contributed by atoms with Gasteiger partial charge in [-0.15, -0.1) is 0 Å².